The highest BCUT2D eigenvalue weighted by molar-refractivity contribution is 7.17. The van der Waals surface area contributed by atoms with Gasteiger partial charge in [0.25, 0.3) is 0 Å². The number of carbonyl (C=O) groups excluding carboxylic acids is 2. The fourth-order valence-electron chi connectivity index (χ4n) is 2.26. The Morgan fingerprint density at radius 1 is 1.17 bits per heavy atom. The van der Waals surface area contributed by atoms with E-state index in [4.69, 9.17) is 0 Å². The van der Waals surface area contributed by atoms with E-state index >= 15 is 0 Å². The van der Waals surface area contributed by atoms with Gasteiger partial charge in [-0.15, -0.1) is 11.3 Å². The van der Waals surface area contributed by atoms with Gasteiger partial charge in [0.1, 0.15) is 0 Å². The lowest BCUT2D eigenvalue weighted by atomic mass is 10.1. The summed E-state index contributed by atoms with van der Waals surface area (Å²) in [6, 6.07) is 11.0. The van der Waals surface area contributed by atoms with Gasteiger partial charge in [-0.1, -0.05) is 18.2 Å². The highest BCUT2D eigenvalue weighted by Crippen LogP contribution is 2.29. The smallest absolute Gasteiger partial charge is 0.313 e. The Morgan fingerprint density at radius 2 is 2.00 bits per heavy atom. The Labute approximate surface area is 142 Å². The normalized spacial score (nSPS) is 11.9. The van der Waals surface area contributed by atoms with E-state index in [1.165, 1.54) is 17.5 Å². The molecule has 2 amide bonds. The third kappa shape index (κ3) is 3.58. The average molecular weight is 341 g/mol. The average Bonchev–Trinajstić information content (AvgIpc) is 3.04. The first-order chi connectivity index (χ1) is 11.6. The third-order valence-electron chi connectivity index (χ3n) is 3.45. The molecule has 122 valence electrons. The number of carbonyl (C=O) groups is 2. The van der Waals surface area contributed by atoms with Crippen molar-refractivity contribution in [3.05, 3.63) is 59.7 Å². The van der Waals surface area contributed by atoms with E-state index in [-0.39, 0.29) is 6.54 Å². The van der Waals surface area contributed by atoms with Crippen LogP contribution in [0, 0.1) is 0 Å². The summed E-state index contributed by atoms with van der Waals surface area (Å²) in [4.78, 5) is 27.5. The first-order valence-corrected chi connectivity index (χ1v) is 8.16. The number of nitrogens with zero attached hydrogens (tertiary/aromatic N) is 1. The van der Waals surface area contributed by atoms with Crippen LogP contribution in [0.4, 0.5) is 5.69 Å². The second kappa shape index (κ2) is 7.20. The summed E-state index contributed by atoms with van der Waals surface area (Å²) in [7, 11) is 0. The largest absolute Gasteiger partial charge is 0.387 e. The minimum absolute atomic E-state index is 0.0416. The molecule has 0 bridgehead atoms. The zero-order chi connectivity index (χ0) is 16.9. The molecular formula is C17H15N3O3S. The van der Waals surface area contributed by atoms with E-state index in [2.05, 4.69) is 15.6 Å². The monoisotopic (exact) mass is 341 g/mol. The van der Waals surface area contributed by atoms with Crippen molar-refractivity contribution < 1.29 is 14.7 Å². The Hall–Kier alpha value is -2.77. The molecule has 7 heteroatoms. The van der Waals surface area contributed by atoms with Crippen LogP contribution in [0.2, 0.25) is 0 Å². The van der Waals surface area contributed by atoms with Crippen molar-refractivity contribution in [2.45, 2.75) is 6.10 Å². The number of nitrogens with one attached hydrogen (secondary N) is 2. The topological polar surface area (TPSA) is 91.3 Å². The highest BCUT2D eigenvalue weighted by atomic mass is 32.1. The second-order valence-corrected chi connectivity index (χ2v) is 6.02. The Kier molecular flexibility index (Phi) is 4.83. The van der Waals surface area contributed by atoms with E-state index in [1.807, 2.05) is 29.6 Å². The molecule has 3 N–H and O–H groups in total. The van der Waals surface area contributed by atoms with Crippen molar-refractivity contribution in [1.82, 2.24) is 10.3 Å². The van der Waals surface area contributed by atoms with Gasteiger partial charge in [-0.2, -0.15) is 0 Å². The summed E-state index contributed by atoms with van der Waals surface area (Å²) in [5.74, 6) is -1.61. The van der Waals surface area contributed by atoms with Gasteiger partial charge in [-0.25, -0.2) is 0 Å². The summed E-state index contributed by atoms with van der Waals surface area (Å²) in [5, 5.41) is 18.0. The molecule has 3 rings (SSSR count). The van der Waals surface area contributed by atoms with Gasteiger partial charge >= 0.3 is 11.8 Å². The molecule has 0 aliphatic heterocycles. The number of fused-ring (bicyclic) bond motifs is 1. The lowest BCUT2D eigenvalue weighted by Crippen LogP contribution is -2.37. The number of hydrogen-bond donors (Lipinski definition) is 3. The molecule has 0 fully saturated rings. The maximum Gasteiger partial charge on any atom is 0.313 e. The predicted molar refractivity (Wildman–Crippen MR) is 92.7 cm³/mol. The maximum atomic E-state index is 11.8. The molecular weight excluding hydrogens is 326 g/mol. The van der Waals surface area contributed by atoms with E-state index in [0.717, 1.165) is 15.6 Å². The SMILES string of the molecule is O=C(NC[C@H](O)c1csc2ccccc12)C(=O)Nc1cccnc1. The molecule has 24 heavy (non-hydrogen) atoms. The number of rotatable bonds is 4. The van der Waals surface area contributed by atoms with Crippen molar-refractivity contribution in [2.75, 3.05) is 11.9 Å². The fourth-order valence-corrected chi connectivity index (χ4v) is 3.27. The Bertz CT molecular complexity index is 864. The first-order valence-electron chi connectivity index (χ1n) is 7.28. The Balaban J connectivity index is 1.58. The highest BCUT2D eigenvalue weighted by Gasteiger charge is 2.18. The molecule has 1 aromatic carbocycles. The van der Waals surface area contributed by atoms with Crippen LogP contribution in [0.5, 0.6) is 0 Å². The lowest BCUT2D eigenvalue weighted by molar-refractivity contribution is -0.136. The second-order valence-electron chi connectivity index (χ2n) is 5.11. The van der Waals surface area contributed by atoms with Crippen LogP contribution in [0.25, 0.3) is 10.1 Å². The van der Waals surface area contributed by atoms with Crippen LogP contribution in [-0.4, -0.2) is 28.4 Å². The van der Waals surface area contributed by atoms with Gasteiger partial charge < -0.3 is 15.7 Å². The van der Waals surface area contributed by atoms with Crippen LogP contribution in [0.1, 0.15) is 11.7 Å². The predicted octanol–water partition coefficient (Wildman–Crippen LogP) is 2.08. The minimum Gasteiger partial charge on any atom is -0.387 e. The summed E-state index contributed by atoms with van der Waals surface area (Å²) in [6.07, 6.45) is 2.13. The molecule has 2 heterocycles. The van der Waals surface area contributed by atoms with Crippen molar-refractivity contribution in [3.63, 3.8) is 0 Å². The summed E-state index contributed by atoms with van der Waals surface area (Å²) < 4.78 is 1.06. The molecule has 6 nitrogen and oxygen atoms in total. The number of aliphatic hydroxyl groups is 1. The molecule has 3 aromatic rings. The van der Waals surface area contributed by atoms with Crippen molar-refractivity contribution in [3.8, 4) is 0 Å². The summed E-state index contributed by atoms with van der Waals surface area (Å²) in [6.45, 7) is -0.0416. The number of hydrogen-bond acceptors (Lipinski definition) is 5. The number of aromatic nitrogens is 1. The number of amides is 2. The molecule has 2 aromatic heterocycles. The first kappa shape index (κ1) is 16.1. The third-order valence-corrected chi connectivity index (χ3v) is 4.43. The maximum absolute atomic E-state index is 11.8. The molecule has 0 saturated heterocycles. The minimum atomic E-state index is -0.878. The standard InChI is InChI=1S/C17H15N3O3S/c21-14(13-10-24-15-6-2-1-5-12(13)15)9-19-16(22)17(23)20-11-4-3-7-18-8-11/h1-8,10,14,21H,9H2,(H,19,22)(H,20,23)/t14-/m0/s1. The lowest BCUT2D eigenvalue weighted by Gasteiger charge is -2.11. The summed E-state index contributed by atoms with van der Waals surface area (Å²) in [5.41, 5.74) is 1.17. The number of benzene rings is 1. The van der Waals surface area contributed by atoms with Gasteiger partial charge in [0.05, 0.1) is 18.0 Å². The van der Waals surface area contributed by atoms with Gasteiger partial charge in [0.2, 0.25) is 0 Å². The van der Waals surface area contributed by atoms with E-state index in [9.17, 15) is 14.7 Å². The van der Waals surface area contributed by atoms with Crippen molar-refractivity contribution >= 4 is 38.9 Å². The molecule has 0 saturated carbocycles. The zero-order valence-corrected chi connectivity index (χ0v) is 13.4. The molecule has 0 unspecified atom stereocenters. The van der Waals surface area contributed by atoms with Crippen LogP contribution >= 0.6 is 11.3 Å². The molecule has 0 aliphatic carbocycles. The van der Waals surface area contributed by atoms with Gasteiger partial charge in [0.15, 0.2) is 0 Å². The van der Waals surface area contributed by atoms with Gasteiger partial charge in [0, 0.05) is 23.0 Å². The summed E-state index contributed by atoms with van der Waals surface area (Å²) >= 11 is 1.53. The number of anilines is 1. The van der Waals surface area contributed by atoms with Crippen molar-refractivity contribution in [1.29, 1.82) is 0 Å². The van der Waals surface area contributed by atoms with E-state index < -0.39 is 17.9 Å². The number of thiophene rings is 1. The van der Waals surface area contributed by atoms with Crippen LogP contribution < -0.4 is 10.6 Å². The Morgan fingerprint density at radius 3 is 2.79 bits per heavy atom. The number of aliphatic hydroxyl groups excluding tert-OH is 1. The molecule has 0 spiro atoms. The molecule has 1 atom stereocenters. The zero-order valence-electron chi connectivity index (χ0n) is 12.6. The van der Waals surface area contributed by atoms with Gasteiger partial charge in [-0.3, -0.25) is 14.6 Å². The molecule has 0 radical (unpaired) electrons. The van der Waals surface area contributed by atoms with E-state index in [0.29, 0.717) is 5.69 Å². The van der Waals surface area contributed by atoms with Gasteiger partial charge in [-0.05, 0) is 29.0 Å². The molecule has 0 aliphatic rings. The van der Waals surface area contributed by atoms with Crippen LogP contribution in [0.3, 0.4) is 0 Å². The van der Waals surface area contributed by atoms with E-state index in [1.54, 1.807) is 18.3 Å². The van der Waals surface area contributed by atoms with Crippen molar-refractivity contribution in [2.24, 2.45) is 0 Å². The fraction of sp³-hybridized carbons (Fsp3) is 0.118. The quantitative estimate of drug-likeness (QED) is 0.634. The van der Waals surface area contributed by atoms with Crippen LogP contribution in [0.15, 0.2) is 54.2 Å². The number of pyridine rings is 1. The van der Waals surface area contributed by atoms with Crippen LogP contribution in [-0.2, 0) is 9.59 Å².